The Morgan fingerprint density at radius 2 is 1.94 bits per heavy atom. The number of rotatable bonds is 5. The summed E-state index contributed by atoms with van der Waals surface area (Å²) in [6.45, 7) is 3.99. The summed E-state index contributed by atoms with van der Waals surface area (Å²) in [4.78, 5) is 43.4. The minimum Gasteiger partial charge on any atom is -0.503 e. The molecule has 0 spiro atoms. The summed E-state index contributed by atoms with van der Waals surface area (Å²) in [5.74, 6) is -4.08. The Labute approximate surface area is 194 Å². The lowest BCUT2D eigenvalue weighted by Gasteiger charge is -2.33. The van der Waals surface area contributed by atoms with Gasteiger partial charge in [-0.3, -0.25) is 19.3 Å². The molecule has 0 radical (unpaired) electrons. The van der Waals surface area contributed by atoms with Crippen molar-refractivity contribution < 1.29 is 23.5 Å². The van der Waals surface area contributed by atoms with Crippen LogP contribution in [0.3, 0.4) is 0 Å². The van der Waals surface area contributed by atoms with Gasteiger partial charge in [0.1, 0.15) is 5.56 Å². The third-order valence-corrected chi connectivity index (χ3v) is 7.18. The maximum atomic E-state index is 14.1. The van der Waals surface area contributed by atoms with E-state index in [9.17, 15) is 28.3 Å². The number of pyridine rings is 1. The van der Waals surface area contributed by atoms with Crippen LogP contribution in [0.1, 0.15) is 70.4 Å². The van der Waals surface area contributed by atoms with Crippen LogP contribution in [0, 0.1) is 11.6 Å². The highest BCUT2D eigenvalue weighted by atomic mass is 19.2. The van der Waals surface area contributed by atoms with E-state index in [4.69, 9.17) is 0 Å². The summed E-state index contributed by atoms with van der Waals surface area (Å²) >= 11 is 0. The van der Waals surface area contributed by atoms with E-state index in [1.165, 1.54) is 12.1 Å². The summed E-state index contributed by atoms with van der Waals surface area (Å²) in [6.07, 6.45) is 2.60. The first-order valence-electron chi connectivity index (χ1n) is 11.6. The molecule has 2 aromatic rings. The van der Waals surface area contributed by atoms with Gasteiger partial charge in [-0.25, -0.2) is 8.78 Å². The zero-order valence-corrected chi connectivity index (χ0v) is 18.8. The number of likely N-dealkylation sites (tertiary alicyclic amines) is 1. The molecule has 180 valence electrons. The summed E-state index contributed by atoms with van der Waals surface area (Å²) in [6, 6.07) is 3.23. The zero-order chi connectivity index (χ0) is 24.1. The quantitative estimate of drug-likeness (QED) is 0.697. The molecule has 2 amide bonds. The number of carbonyl (C=O) groups is 2. The molecule has 4 heterocycles. The van der Waals surface area contributed by atoms with Crippen LogP contribution in [0.2, 0.25) is 0 Å². The van der Waals surface area contributed by atoms with Crippen molar-refractivity contribution in [3.05, 3.63) is 62.6 Å². The van der Waals surface area contributed by atoms with Crippen LogP contribution in [0.15, 0.2) is 23.0 Å². The Bertz CT molecular complexity index is 1240. The monoisotopic (exact) mass is 472 g/mol. The number of nitrogens with zero attached hydrogens (tertiary/aromatic N) is 3. The van der Waals surface area contributed by atoms with Crippen LogP contribution in [-0.2, 0) is 6.54 Å². The Balaban J connectivity index is 1.60. The Kier molecular flexibility index (Phi) is 5.63. The second-order valence-corrected chi connectivity index (χ2v) is 9.04. The maximum absolute atomic E-state index is 14.1. The normalized spacial score (nSPS) is 21.7. The van der Waals surface area contributed by atoms with Gasteiger partial charge in [0, 0.05) is 25.2 Å². The molecule has 0 bridgehead atoms. The standard InChI is InChI=1S/C24H26F2N4O4/c1-2-28-12-14-10-16(29-8-3-4-9-29)19-17(21(31)22(32)20(24(28)34)30(14)19)23(33)27-11-13-6-5-7-15(25)18(13)26/h5-7,14,16,32H,2-4,8-12H2,1H3,(H,27,33)/t14?,16-/m1/s1. The highest BCUT2D eigenvalue weighted by Crippen LogP contribution is 2.45. The van der Waals surface area contributed by atoms with Crippen molar-refractivity contribution in [2.75, 3.05) is 26.2 Å². The molecule has 1 fully saturated rings. The lowest BCUT2D eigenvalue weighted by Crippen LogP contribution is -2.44. The van der Waals surface area contributed by atoms with Gasteiger partial charge in [-0.05, 0) is 45.3 Å². The van der Waals surface area contributed by atoms with Crippen molar-refractivity contribution in [2.24, 2.45) is 0 Å². The highest BCUT2D eigenvalue weighted by molar-refractivity contribution is 6.00. The molecule has 34 heavy (non-hydrogen) atoms. The molecule has 1 aromatic carbocycles. The van der Waals surface area contributed by atoms with E-state index in [0.717, 1.165) is 32.0 Å². The first kappa shape index (κ1) is 22.5. The second-order valence-electron chi connectivity index (χ2n) is 9.04. The topological polar surface area (TPSA) is 94.9 Å². The van der Waals surface area contributed by atoms with Gasteiger partial charge in [-0.2, -0.15) is 0 Å². The number of aromatic nitrogens is 1. The maximum Gasteiger partial charge on any atom is 0.274 e. The lowest BCUT2D eigenvalue weighted by molar-refractivity contribution is 0.0672. The minimum atomic E-state index is -1.07. The van der Waals surface area contributed by atoms with Gasteiger partial charge >= 0.3 is 0 Å². The first-order chi connectivity index (χ1) is 16.3. The Morgan fingerprint density at radius 1 is 1.21 bits per heavy atom. The van der Waals surface area contributed by atoms with Gasteiger partial charge in [-0.1, -0.05) is 12.1 Å². The number of hydrogen-bond acceptors (Lipinski definition) is 5. The Hall–Kier alpha value is -3.27. The molecule has 2 atom stereocenters. The lowest BCUT2D eigenvalue weighted by atomic mass is 10.0. The number of hydrogen-bond donors (Lipinski definition) is 2. The molecule has 8 nitrogen and oxygen atoms in total. The van der Waals surface area contributed by atoms with E-state index in [-0.39, 0.29) is 35.4 Å². The van der Waals surface area contributed by atoms with Crippen molar-refractivity contribution in [1.82, 2.24) is 19.7 Å². The number of nitrogens with one attached hydrogen (secondary N) is 1. The number of benzene rings is 1. The van der Waals surface area contributed by atoms with Gasteiger partial charge in [0.25, 0.3) is 11.8 Å². The largest absolute Gasteiger partial charge is 0.503 e. The molecule has 1 aromatic heterocycles. The van der Waals surface area contributed by atoms with Gasteiger partial charge in [0.05, 0.1) is 17.8 Å². The third-order valence-electron chi connectivity index (χ3n) is 7.18. The summed E-state index contributed by atoms with van der Waals surface area (Å²) in [5, 5.41) is 13.3. The van der Waals surface area contributed by atoms with Crippen molar-refractivity contribution in [3.63, 3.8) is 0 Å². The fourth-order valence-corrected chi connectivity index (χ4v) is 5.54. The molecular formula is C24H26F2N4O4. The SMILES string of the molecule is CCN1CC2C[C@@H](N3CCCC3)c3c(C(=O)NCc4cccc(F)c4F)c(=O)c(O)c(n32)C1=O. The predicted molar refractivity (Wildman–Crippen MR) is 119 cm³/mol. The molecule has 1 unspecified atom stereocenters. The van der Waals surface area contributed by atoms with E-state index in [1.54, 1.807) is 9.47 Å². The summed E-state index contributed by atoms with van der Waals surface area (Å²) in [5.41, 5.74) is -0.877. The first-order valence-corrected chi connectivity index (χ1v) is 11.6. The third kappa shape index (κ3) is 3.39. The number of likely N-dealkylation sites (N-methyl/N-ethyl adjacent to an activating group) is 1. The average Bonchev–Trinajstić information content (AvgIpc) is 3.47. The van der Waals surface area contributed by atoms with E-state index >= 15 is 0 Å². The van der Waals surface area contributed by atoms with Crippen LogP contribution in [0.4, 0.5) is 8.78 Å². The van der Waals surface area contributed by atoms with Crippen molar-refractivity contribution >= 4 is 11.8 Å². The minimum absolute atomic E-state index is 0.0604. The number of amides is 2. The fraction of sp³-hybridized carbons (Fsp3) is 0.458. The van der Waals surface area contributed by atoms with E-state index in [1.807, 2.05) is 6.92 Å². The van der Waals surface area contributed by atoms with E-state index in [0.29, 0.717) is 25.2 Å². The van der Waals surface area contributed by atoms with Crippen LogP contribution in [0.25, 0.3) is 0 Å². The van der Waals surface area contributed by atoms with E-state index < -0.39 is 34.6 Å². The van der Waals surface area contributed by atoms with Crippen LogP contribution >= 0.6 is 0 Å². The Morgan fingerprint density at radius 3 is 2.65 bits per heavy atom. The summed E-state index contributed by atoms with van der Waals surface area (Å²) in [7, 11) is 0. The van der Waals surface area contributed by atoms with Crippen molar-refractivity contribution in [3.8, 4) is 5.75 Å². The highest BCUT2D eigenvalue weighted by Gasteiger charge is 2.46. The molecule has 3 aliphatic rings. The van der Waals surface area contributed by atoms with Gasteiger partial charge in [0.2, 0.25) is 5.43 Å². The molecule has 5 rings (SSSR count). The van der Waals surface area contributed by atoms with Crippen LogP contribution in [0.5, 0.6) is 5.75 Å². The van der Waals surface area contributed by atoms with Crippen molar-refractivity contribution in [1.29, 1.82) is 0 Å². The number of halogens is 2. The van der Waals surface area contributed by atoms with Gasteiger partial charge in [-0.15, -0.1) is 0 Å². The smallest absolute Gasteiger partial charge is 0.274 e. The van der Waals surface area contributed by atoms with E-state index in [2.05, 4.69) is 10.2 Å². The number of carbonyl (C=O) groups excluding carboxylic acids is 2. The molecular weight excluding hydrogens is 446 g/mol. The molecule has 0 saturated carbocycles. The van der Waals surface area contributed by atoms with Gasteiger partial charge in [0.15, 0.2) is 23.1 Å². The van der Waals surface area contributed by atoms with Crippen LogP contribution < -0.4 is 10.7 Å². The van der Waals surface area contributed by atoms with Crippen LogP contribution in [-0.4, -0.2) is 57.5 Å². The molecule has 2 N–H and O–H groups in total. The molecule has 1 saturated heterocycles. The van der Waals surface area contributed by atoms with Gasteiger partial charge < -0.3 is 19.9 Å². The average molecular weight is 472 g/mol. The fourth-order valence-electron chi connectivity index (χ4n) is 5.54. The van der Waals surface area contributed by atoms with Crippen molar-refractivity contribution in [2.45, 2.75) is 44.8 Å². The second kappa shape index (κ2) is 8.50. The molecule has 0 aliphatic carbocycles. The summed E-state index contributed by atoms with van der Waals surface area (Å²) < 4.78 is 29.3. The zero-order valence-electron chi connectivity index (χ0n) is 18.8. The molecule has 3 aliphatic heterocycles. The molecule has 10 heteroatoms. The predicted octanol–water partition coefficient (Wildman–Crippen LogP) is 2.32. The number of aromatic hydroxyl groups is 1.